The number of fused-ring (bicyclic) bond motifs is 3. The van der Waals surface area contributed by atoms with Crippen LogP contribution in [-0.4, -0.2) is 43.3 Å². The van der Waals surface area contributed by atoms with E-state index in [0.717, 1.165) is 37.2 Å². The fourth-order valence-electron chi connectivity index (χ4n) is 3.72. The predicted octanol–water partition coefficient (Wildman–Crippen LogP) is 1.28. The maximum absolute atomic E-state index is 11.7. The van der Waals surface area contributed by atoms with E-state index in [1.54, 1.807) is 7.11 Å². The molecule has 0 spiro atoms. The molecule has 22 heavy (non-hydrogen) atoms. The molecule has 0 aliphatic carbocycles. The first-order chi connectivity index (χ1) is 10.7. The van der Waals surface area contributed by atoms with Crippen LogP contribution in [-0.2, 0) is 11.3 Å². The van der Waals surface area contributed by atoms with Crippen LogP contribution in [0.1, 0.15) is 24.8 Å². The summed E-state index contributed by atoms with van der Waals surface area (Å²) in [6, 6.07) is 4.79. The highest BCUT2D eigenvalue weighted by molar-refractivity contribution is 5.77. The van der Waals surface area contributed by atoms with E-state index in [9.17, 15) is 4.79 Å². The molecule has 3 aliphatic heterocycles. The molecule has 0 aromatic heterocycles. The van der Waals surface area contributed by atoms with Crippen molar-refractivity contribution in [3.05, 3.63) is 17.7 Å². The van der Waals surface area contributed by atoms with Gasteiger partial charge in [-0.2, -0.15) is 0 Å². The Bertz CT molecular complexity index is 604. The van der Waals surface area contributed by atoms with Crippen molar-refractivity contribution in [2.75, 3.05) is 20.4 Å². The minimum Gasteiger partial charge on any atom is -0.493 e. The van der Waals surface area contributed by atoms with Crippen molar-refractivity contribution in [1.82, 2.24) is 10.2 Å². The highest BCUT2D eigenvalue weighted by Gasteiger charge is 2.37. The minimum atomic E-state index is 0.167. The molecule has 2 fully saturated rings. The van der Waals surface area contributed by atoms with Crippen molar-refractivity contribution < 1.29 is 19.0 Å². The van der Waals surface area contributed by atoms with Crippen LogP contribution in [0.2, 0.25) is 0 Å². The number of carbonyl (C=O) groups is 1. The van der Waals surface area contributed by atoms with Crippen LogP contribution in [0.15, 0.2) is 12.1 Å². The molecule has 3 heterocycles. The maximum atomic E-state index is 11.7. The first-order valence-electron chi connectivity index (χ1n) is 7.73. The normalized spacial score (nSPS) is 26.7. The van der Waals surface area contributed by atoms with E-state index < -0.39 is 0 Å². The van der Waals surface area contributed by atoms with Gasteiger partial charge >= 0.3 is 0 Å². The molecule has 1 aromatic carbocycles. The van der Waals surface area contributed by atoms with E-state index in [2.05, 4.69) is 10.2 Å². The number of nitrogens with zero attached hydrogens (tertiary/aromatic N) is 1. The summed E-state index contributed by atoms with van der Waals surface area (Å²) in [6.07, 6.45) is 2.84. The van der Waals surface area contributed by atoms with Crippen LogP contribution in [0.4, 0.5) is 0 Å². The zero-order valence-electron chi connectivity index (χ0n) is 12.6. The predicted molar refractivity (Wildman–Crippen MR) is 79.1 cm³/mol. The molecule has 2 saturated heterocycles. The summed E-state index contributed by atoms with van der Waals surface area (Å²) < 4.78 is 16.3. The second kappa shape index (κ2) is 5.35. The third kappa shape index (κ3) is 2.27. The van der Waals surface area contributed by atoms with Crippen LogP contribution < -0.4 is 19.5 Å². The smallest absolute Gasteiger partial charge is 0.231 e. The zero-order chi connectivity index (χ0) is 15.1. The Labute approximate surface area is 129 Å². The summed E-state index contributed by atoms with van der Waals surface area (Å²) in [5.74, 6) is 2.30. The summed E-state index contributed by atoms with van der Waals surface area (Å²) in [7, 11) is 1.64. The monoisotopic (exact) mass is 304 g/mol. The average Bonchev–Trinajstić information content (AvgIpc) is 3.07. The highest BCUT2D eigenvalue weighted by Crippen LogP contribution is 2.42. The van der Waals surface area contributed by atoms with Gasteiger partial charge in [-0.15, -0.1) is 0 Å². The lowest BCUT2D eigenvalue weighted by Gasteiger charge is -2.27. The molecule has 0 saturated carbocycles. The number of methoxy groups -OCH3 is 1. The number of hydrogen-bond acceptors (Lipinski definition) is 5. The first-order valence-corrected chi connectivity index (χ1v) is 7.73. The van der Waals surface area contributed by atoms with Gasteiger partial charge in [-0.05, 0) is 30.5 Å². The molecule has 6 nitrogen and oxygen atoms in total. The van der Waals surface area contributed by atoms with Crippen molar-refractivity contribution in [3.8, 4) is 17.2 Å². The molecule has 1 amide bonds. The van der Waals surface area contributed by atoms with Gasteiger partial charge in [0, 0.05) is 31.6 Å². The Kier molecular flexibility index (Phi) is 3.33. The molecular weight excluding hydrogens is 284 g/mol. The molecule has 1 aromatic rings. The van der Waals surface area contributed by atoms with Crippen LogP contribution in [0, 0.1) is 0 Å². The van der Waals surface area contributed by atoms with E-state index >= 15 is 0 Å². The lowest BCUT2D eigenvalue weighted by Crippen LogP contribution is -2.37. The molecule has 0 unspecified atom stereocenters. The molecule has 1 N–H and O–H groups in total. The van der Waals surface area contributed by atoms with Gasteiger partial charge in [-0.25, -0.2) is 0 Å². The Hall–Kier alpha value is -1.95. The quantitative estimate of drug-likeness (QED) is 0.911. The Morgan fingerprint density at radius 3 is 3.05 bits per heavy atom. The second-order valence-corrected chi connectivity index (χ2v) is 6.10. The number of carbonyl (C=O) groups excluding carboxylic acids is 1. The second-order valence-electron chi connectivity index (χ2n) is 6.10. The lowest BCUT2D eigenvalue weighted by molar-refractivity contribution is -0.121. The molecule has 4 rings (SSSR count). The molecule has 118 valence electrons. The summed E-state index contributed by atoms with van der Waals surface area (Å²) in [5.41, 5.74) is 1.13. The van der Waals surface area contributed by atoms with Crippen molar-refractivity contribution in [1.29, 1.82) is 0 Å². The standard InChI is InChI=1S/C16H20N2O4/c1-20-13-4-10(5-14-16(13)22-9-21-14)8-18-11-2-3-12(18)7-17-15(19)6-11/h4-5,11-12H,2-3,6-9H2,1H3,(H,17,19)/t11-,12+/m1/s1. The molecule has 3 aliphatic rings. The van der Waals surface area contributed by atoms with Crippen molar-refractivity contribution >= 4 is 5.91 Å². The zero-order valence-corrected chi connectivity index (χ0v) is 12.6. The largest absolute Gasteiger partial charge is 0.493 e. The summed E-state index contributed by atoms with van der Waals surface area (Å²) in [5, 5.41) is 3.01. The first kappa shape index (κ1) is 13.7. The fourth-order valence-corrected chi connectivity index (χ4v) is 3.72. The third-order valence-electron chi connectivity index (χ3n) is 4.81. The van der Waals surface area contributed by atoms with Crippen molar-refractivity contribution in [2.45, 2.75) is 37.9 Å². The third-order valence-corrected chi connectivity index (χ3v) is 4.81. The van der Waals surface area contributed by atoms with Crippen LogP contribution >= 0.6 is 0 Å². The number of ether oxygens (including phenoxy) is 3. The Balaban J connectivity index is 1.60. The number of rotatable bonds is 3. The lowest BCUT2D eigenvalue weighted by atomic mass is 10.1. The number of nitrogens with one attached hydrogen (secondary N) is 1. The summed E-state index contributed by atoms with van der Waals surface area (Å²) in [4.78, 5) is 14.2. The van der Waals surface area contributed by atoms with Crippen molar-refractivity contribution in [3.63, 3.8) is 0 Å². The Morgan fingerprint density at radius 2 is 2.18 bits per heavy atom. The molecule has 2 bridgehead atoms. The molecular formula is C16H20N2O4. The summed E-state index contributed by atoms with van der Waals surface area (Å²) >= 11 is 0. The van der Waals surface area contributed by atoms with Gasteiger partial charge < -0.3 is 19.5 Å². The average molecular weight is 304 g/mol. The molecule has 2 atom stereocenters. The van der Waals surface area contributed by atoms with E-state index in [1.165, 1.54) is 0 Å². The number of hydrogen-bond donors (Lipinski definition) is 1. The molecule has 6 heteroatoms. The van der Waals surface area contributed by atoms with E-state index in [-0.39, 0.29) is 12.7 Å². The van der Waals surface area contributed by atoms with Gasteiger partial charge in [0.25, 0.3) is 0 Å². The van der Waals surface area contributed by atoms with Crippen LogP contribution in [0.3, 0.4) is 0 Å². The van der Waals surface area contributed by atoms with Crippen molar-refractivity contribution in [2.24, 2.45) is 0 Å². The Morgan fingerprint density at radius 1 is 1.32 bits per heavy atom. The van der Waals surface area contributed by atoms with Gasteiger partial charge in [-0.3, -0.25) is 9.69 Å². The van der Waals surface area contributed by atoms with Gasteiger partial charge in [0.2, 0.25) is 18.4 Å². The highest BCUT2D eigenvalue weighted by atomic mass is 16.7. The van der Waals surface area contributed by atoms with Gasteiger partial charge in [0.05, 0.1) is 7.11 Å². The van der Waals surface area contributed by atoms with E-state index in [0.29, 0.717) is 30.0 Å². The summed E-state index contributed by atoms with van der Waals surface area (Å²) in [6.45, 7) is 1.79. The number of benzene rings is 1. The van der Waals surface area contributed by atoms with Gasteiger partial charge in [-0.1, -0.05) is 0 Å². The minimum absolute atomic E-state index is 0.167. The fraction of sp³-hybridized carbons (Fsp3) is 0.562. The topological polar surface area (TPSA) is 60.0 Å². The maximum Gasteiger partial charge on any atom is 0.231 e. The van der Waals surface area contributed by atoms with E-state index in [4.69, 9.17) is 14.2 Å². The van der Waals surface area contributed by atoms with Gasteiger partial charge in [0.15, 0.2) is 11.5 Å². The SMILES string of the molecule is COc1cc(CN2[C@@H]3CC[C@H]2CNC(=O)C3)cc2c1OCO2. The van der Waals surface area contributed by atoms with Crippen LogP contribution in [0.25, 0.3) is 0 Å². The van der Waals surface area contributed by atoms with Gasteiger partial charge in [0.1, 0.15) is 0 Å². The number of amides is 1. The molecule has 0 radical (unpaired) electrons. The van der Waals surface area contributed by atoms with E-state index in [1.807, 2.05) is 12.1 Å². The van der Waals surface area contributed by atoms with Crippen LogP contribution in [0.5, 0.6) is 17.2 Å².